The predicted molar refractivity (Wildman–Crippen MR) is 101 cm³/mol. The lowest BCUT2D eigenvalue weighted by atomic mass is 10.1. The summed E-state index contributed by atoms with van der Waals surface area (Å²) in [5.74, 6) is -0.632. The van der Waals surface area contributed by atoms with E-state index in [0.717, 1.165) is 0 Å². The monoisotopic (exact) mass is 377 g/mol. The van der Waals surface area contributed by atoms with Gasteiger partial charge in [-0.15, -0.1) is 12.4 Å². The Kier molecular flexibility index (Phi) is 6.58. The van der Waals surface area contributed by atoms with Crippen molar-refractivity contribution in [3.05, 3.63) is 65.5 Å². The van der Waals surface area contributed by atoms with Crippen molar-refractivity contribution >= 4 is 29.9 Å². The first-order chi connectivity index (χ1) is 12.1. The van der Waals surface area contributed by atoms with Crippen molar-refractivity contribution < 1.29 is 14.0 Å². The van der Waals surface area contributed by atoms with Gasteiger partial charge in [0, 0.05) is 37.4 Å². The first-order valence-electron chi connectivity index (χ1n) is 8.25. The van der Waals surface area contributed by atoms with Gasteiger partial charge >= 0.3 is 0 Å². The molecule has 138 valence electrons. The molecule has 0 aliphatic carbocycles. The van der Waals surface area contributed by atoms with Gasteiger partial charge in [-0.25, -0.2) is 4.39 Å². The van der Waals surface area contributed by atoms with Gasteiger partial charge in [-0.05, 0) is 42.8 Å². The van der Waals surface area contributed by atoms with E-state index >= 15 is 0 Å². The van der Waals surface area contributed by atoms with Crippen molar-refractivity contribution in [2.24, 2.45) is 0 Å². The number of nitrogens with two attached hydrogens (primary N) is 1. The van der Waals surface area contributed by atoms with Crippen molar-refractivity contribution in [1.82, 2.24) is 9.80 Å². The molecule has 26 heavy (non-hydrogen) atoms. The summed E-state index contributed by atoms with van der Waals surface area (Å²) in [5.41, 5.74) is 7.28. The summed E-state index contributed by atoms with van der Waals surface area (Å²) in [5, 5.41) is 0. The number of carbonyl (C=O) groups excluding carboxylic acids is 2. The summed E-state index contributed by atoms with van der Waals surface area (Å²) in [6, 6.07) is 12.5. The van der Waals surface area contributed by atoms with Crippen LogP contribution in [0.15, 0.2) is 48.5 Å². The van der Waals surface area contributed by atoms with Crippen LogP contribution in [0.1, 0.15) is 27.1 Å². The highest BCUT2D eigenvalue weighted by atomic mass is 35.5. The van der Waals surface area contributed by atoms with E-state index in [4.69, 9.17) is 5.73 Å². The minimum atomic E-state index is -0.371. The Balaban J connectivity index is 0.00000243. The highest BCUT2D eigenvalue weighted by Gasteiger charge is 2.24. The molecule has 0 saturated carbocycles. The Hall–Kier alpha value is -2.60. The summed E-state index contributed by atoms with van der Waals surface area (Å²) < 4.78 is 13.0. The number of nitrogen functional groups attached to an aromatic ring is 1. The van der Waals surface area contributed by atoms with E-state index in [1.54, 1.807) is 34.1 Å². The number of carbonyl (C=O) groups is 2. The van der Waals surface area contributed by atoms with E-state index in [-0.39, 0.29) is 30.0 Å². The lowest BCUT2D eigenvalue weighted by Crippen LogP contribution is -2.37. The molecule has 0 aromatic heterocycles. The third kappa shape index (κ3) is 4.32. The van der Waals surface area contributed by atoms with E-state index in [1.807, 2.05) is 0 Å². The van der Waals surface area contributed by atoms with E-state index in [9.17, 15) is 14.0 Å². The van der Waals surface area contributed by atoms with Gasteiger partial charge in [0.15, 0.2) is 0 Å². The van der Waals surface area contributed by atoms with Gasteiger partial charge in [0.2, 0.25) is 0 Å². The summed E-state index contributed by atoms with van der Waals surface area (Å²) in [4.78, 5) is 28.6. The molecule has 1 aliphatic heterocycles. The molecule has 2 aromatic rings. The first-order valence-corrected chi connectivity index (χ1v) is 8.25. The number of hydrogen-bond donors (Lipinski definition) is 1. The molecule has 7 heteroatoms. The fraction of sp³-hybridized carbons (Fsp3) is 0.263. The SMILES string of the molecule is Cl.Nc1ccccc1C(=O)N1CCCN(C(=O)c2ccc(F)cc2)CC1. The fourth-order valence-electron chi connectivity index (χ4n) is 2.96. The van der Waals surface area contributed by atoms with Crippen molar-refractivity contribution in [3.8, 4) is 0 Å². The van der Waals surface area contributed by atoms with Crippen molar-refractivity contribution in [2.75, 3.05) is 31.9 Å². The van der Waals surface area contributed by atoms with Crippen LogP contribution >= 0.6 is 12.4 Å². The minimum absolute atomic E-state index is 0. The van der Waals surface area contributed by atoms with E-state index in [0.29, 0.717) is 49.4 Å². The lowest BCUT2D eigenvalue weighted by Gasteiger charge is -2.22. The average molecular weight is 378 g/mol. The molecule has 0 radical (unpaired) electrons. The predicted octanol–water partition coefficient (Wildman–Crippen LogP) is 2.82. The van der Waals surface area contributed by atoms with Crippen LogP contribution in [-0.2, 0) is 0 Å². The second kappa shape index (κ2) is 8.67. The number of anilines is 1. The zero-order chi connectivity index (χ0) is 17.8. The molecule has 2 aromatic carbocycles. The first kappa shape index (κ1) is 19.7. The van der Waals surface area contributed by atoms with Crippen LogP contribution in [0.5, 0.6) is 0 Å². The molecule has 5 nitrogen and oxygen atoms in total. The van der Waals surface area contributed by atoms with Gasteiger partial charge < -0.3 is 15.5 Å². The minimum Gasteiger partial charge on any atom is -0.398 e. The highest BCUT2D eigenvalue weighted by molar-refractivity contribution is 5.99. The maximum Gasteiger partial charge on any atom is 0.256 e. The number of para-hydroxylation sites is 1. The zero-order valence-corrected chi connectivity index (χ0v) is 15.0. The molecule has 0 spiro atoms. The van der Waals surface area contributed by atoms with Gasteiger partial charge in [-0.1, -0.05) is 12.1 Å². The fourth-order valence-corrected chi connectivity index (χ4v) is 2.96. The molecule has 0 bridgehead atoms. The Labute approximate surface area is 158 Å². The lowest BCUT2D eigenvalue weighted by molar-refractivity contribution is 0.0719. The van der Waals surface area contributed by atoms with E-state index in [2.05, 4.69) is 0 Å². The molecule has 2 amide bonds. The second-order valence-corrected chi connectivity index (χ2v) is 6.03. The summed E-state index contributed by atoms with van der Waals surface area (Å²) in [6.45, 7) is 2.01. The maximum absolute atomic E-state index is 13.0. The molecular formula is C19H21ClFN3O2. The largest absolute Gasteiger partial charge is 0.398 e. The normalized spacial score (nSPS) is 14.3. The number of amides is 2. The van der Waals surface area contributed by atoms with Crippen LogP contribution in [0.3, 0.4) is 0 Å². The van der Waals surface area contributed by atoms with E-state index < -0.39 is 0 Å². The third-order valence-electron chi connectivity index (χ3n) is 4.35. The second-order valence-electron chi connectivity index (χ2n) is 6.03. The van der Waals surface area contributed by atoms with Crippen LogP contribution in [0.4, 0.5) is 10.1 Å². The van der Waals surface area contributed by atoms with Gasteiger partial charge in [0.05, 0.1) is 5.56 Å². The van der Waals surface area contributed by atoms with Gasteiger partial charge in [-0.3, -0.25) is 9.59 Å². The van der Waals surface area contributed by atoms with Crippen LogP contribution in [0, 0.1) is 5.82 Å². The Morgan fingerprint density at radius 1 is 0.846 bits per heavy atom. The van der Waals surface area contributed by atoms with Gasteiger partial charge in [0.1, 0.15) is 5.82 Å². The van der Waals surface area contributed by atoms with Crippen molar-refractivity contribution in [2.45, 2.75) is 6.42 Å². The summed E-state index contributed by atoms with van der Waals surface area (Å²) in [6.07, 6.45) is 0.686. The molecule has 1 aliphatic rings. The molecule has 0 unspecified atom stereocenters. The summed E-state index contributed by atoms with van der Waals surface area (Å²) in [7, 11) is 0. The Morgan fingerprint density at radius 3 is 2.04 bits per heavy atom. The van der Waals surface area contributed by atoms with Crippen LogP contribution in [0.2, 0.25) is 0 Å². The molecule has 0 atom stereocenters. The van der Waals surface area contributed by atoms with Crippen LogP contribution in [-0.4, -0.2) is 47.8 Å². The number of halogens is 2. The summed E-state index contributed by atoms with van der Waals surface area (Å²) >= 11 is 0. The molecular weight excluding hydrogens is 357 g/mol. The van der Waals surface area contributed by atoms with Gasteiger partial charge in [-0.2, -0.15) is 0 Å². The highest BCUT2D eigenvalue weighted by Crippen LogP contribution is 2.16. The Morgan fingerprint density at radius 2 is 1.42 bits per heavy atom. The number of benzene rings is 2. The number of rotatable bonds is 2. The van der Waals surface area contributed by atoms with Crippen LogP contribution in [0.25, 0.3) is 0 Å². The maximum atomic E-state index is 13.0. The average Bonchev–Trinajstić information content (AvgIpc) is 2.88. The number of nitrogens with zero attached hydrogens (tertiary/aromatic N) is 2. The van der Waals surface area contributed by atoms with E-state index in [1.165, 1.54) is 24.3 Å². The smallest absolute Gasteiger partial charge is 0.256 e. The number of hydrogen-bond acceptors (Lipinski definition) is 3. The Bertz CT molecular complexity index is 783. The quantitative estimate of drug-likeness (QED) is 0.818. The molecule has 1 fully saturated rings. The molecule has 3 rings (SSSR count). The molecule has 1 saturated heterocycles. The molecule has 2 N–H and O–H groups in total. The van der Waals surface area contributed by atoms with Crippen molar-refractivity contribution in [1.29, 1.82) is 0 Å². The standard InChI is InChI=1S/C19H20FN3O2.ClH/c20-15-8-6-14(7-9-15)18(24)22-10-3-11-23(13-12-22)19(25)16-4-1-2-5-17(16)21;/h1-2,4-9H,3,10-13,21H2;1H. The zero-order valence-electron chi connectivity index (χ0n) is 14.2. The van der Waals surface area contributed by atoms with Crippen LogP contribution < -0.4 is 5.73 Å². The third-order valence-corrected chi connectivity index (χ3v) is 4.35. The topological polar surface area (TPSA) is 66.6 Å². The van der Waals surface area contributed by atoms with Gasteiger partial charge in [0.25, 0.3) is 11.8 Å². The molecule has 1 heterocycles. The van der Waals surface area contributed by atoms with Crippen molar-refractivity contribution in [3.63, 3.8) is 0 Å².